The molecule has 0 spiro atoms. The van der Waals surface area contributed by atoms with Gasteiger partial charge in [-0.25, -0.2) is 4.98 Å². The highest BCUT2D eigenvalue weighted by molar-refractivity contribution is 7.99. The summed E-state index contributed by atoms with van der Waals surface area (Å²) < 4.78 is 41.8. The van der Waals surface area contributed by atoms with Gasteiger partial charge in [0.25, 0.3) is 0 Å². The molecular formula is C10H10F3NO2S. The van der Waals surface area contributed by atoms with Crippen LogP contribution in [0.25, 0.3) is 0 Å². The Bertz CT molecular complexity index is 421. The maximum absolute atomic E-state index is 12.5. The van der Waals surface area contributed by atoms with Crippen molar-refractivity contribution in [2.75, 3.05) is 12.9 Å². The topological polar surface area (TPSA) is 39.2 Å². The van der Waals surface area contributed by atoms with Crippen LogP contribution in [0.5, 0.6) is 0 Å². The maximum atomic E-state index is 12.5. The highest BCUT2D eigenvalue weighted by Gasteiger charge is 2.31. The molecule has 0 amide bonds. The number of aromatic nitrogens is 1. The smallest absolute Gasteiger partial charge is 0.416 e. The molecule has 7 heteroatoms. The van der Waals surface area contributed by atoms with Gasteiger partial charge >= 0.3 is 12.1 Å². The van der Waals surface area contributed by atoms with E-state index in [4.69, 9.17) is 0 Å². The van der Waals surface area contributed by atoms with Gasteiger partial charge in [-0.05, 0) is 19.1 Å². The summed E-state index contributed by atoms with van der Waals surface area (Å²) >= 11 is 0.912. The largest absolute Gasteiger partial charge is 0.468 e. The lowest BCUT2D eigenvalue weighted by atomic mass is 10.2. The first-order valence-electron chi connectivity index (χ1n) is 4.58. The lowest BCUT2D eigenvalue weighted by molar-refractivity contribution is -0.138. The third kappa shape index (κ3) is 4.26. The molecule has 0 saturated carbocycles. The molecule has 0 radical (unpaired) electrons. The fourth-order valence-corrected chi connectivity index (χ4v) is 1.87. The molecule has 1 rings (SSSR count). The number of methoxy groups -OCH3 is 1. The summed E-state index contributed by atoms with van der Waals surface area (Å²) in [6.45, 7) is 1.47. The summed E-state index contributed by atoms with van der Waals surface area (Å²) in [6.07, 6.45) is -4.41. The summed E-state index contributed by atoms with van der Waals surface area (Å²) in [5, 5.41) is 0.155. The molecule has 0 fully saturated rings. The minimum absolute atomic E-state index is 0.0652. The second-order valence-electron chi connectivity index (χ2n) is 3.20. The third-order valence-corrected chi connectivity index (χ3v) is 2.71. The second kappa shape index (κ2) is 5.39. The van der Waals surface area contributed by atoms with Crippen LogP contribution < -0.4 is 0 Å². The van der Waals surface area contributed by atoms with Crippen molar-refractivity contribution in [2.45, 2.75) is 18.1 Å². The average molecular weight is 265 g/mol. The van der Waals surface area contributed by atoms with Crippen LogP contribution >= 0.6 is 11.8 Å². The van der Waals surface area contributed by atoms with Gasteiger partial charge < -0.3 is 4.74 Å². The number of carbonyl (C=O) groups excluding carboxylic acids is 1. The summed E-state index contributed by atoms with van der Waals surface area (Å²) in [6, 6.07) is 1.88. The van der Waals surface area contributed by atoms with Crippen LogP contribution in [-0.4, -0.2) is 23.8 Å². The Morgan fingerprint density at radius 1 is 1.47 bits per heavy atom. The second-order valence-corrected chi connectivity index (χ2v) is 4.19. The zero-order valence-electron chi connectivity index (χ0n) is 9.17. The number of hydrogen-bond acceptors (Lipinski definition) is 4. The van der Waals surface area contributed by atoms with Crippen LogP contribution in [0, 0.1) is 6.92 Å². The fraction of sp³-hybridized carbons (Fsp3) is 0.400. The van der Waals surface area contributed by atoms with Crippen LogP contribution in [0.2, 0.25) is 0 Å². The summed E-state index contributed by atoms with van der Waals surface area (Å²) in [4.78, 5) is 14.8. The van der Waals surface area contributed by atoms with Crippen molar-refractivity contribution in [1.29, 1.82) is 0 Å². The third-order valence-electron chi connectivity index (χ3n) is 1.82. The van der Waals surface area contributed by atoms with Crippen LogP contribution in [0.4, 0.5) is 13.2 Å². The van der Waals surface area contributed by atoms with Gasteiger partial charge in [-0.3, -0.25) is 4.79 Å². The van der Waals surface area contributed by atoms with E-state index in [1.165, 1.54) is 14.0 Å². The highest BCUT2D eigenvalue weighted by Crippen LogP contribution is 2.31. The van der Waals surface area contributed by atoms with E-state index in [-0.39, 0.29) is 16.5 Å². The number of ether oxygens (including phenoxy) is 1. The van der Waals surface area contributed by atoms with Gasteiger partial charge in [-0.2, -0.15) is 13.2 Å². The molecular weight excluding hydrogens is 255 g/mol. The summed E-state index contributed by atoms with van der Waals surface area (Å²) in [7, 11) is 1.22. The highest BCUT2D eigenvalue weighted by atomic mass is 32.2. The maximum Gasteiger partial charge on any atom is 0.416 e. The molecule has 0 aliphatic carbocycles. The summed E-state index contributed by atoms with van der Waals surface area (Å²) in [5.74, 6) is -0.573. The minimum atomic E-state index is -4.41. The van der Waals surface area contributed by atoms with E-state index in [1.54, 1.807) is 0 Å². The monoisotopic (exact) mass is 265 g/mol. The van der Waals surface area contributed by atoms with Crippen molar-refractivity contribution in [3.63, 3.8) is 0 Å². The molecule has 0 aromatic carbocycles. The number of halogens is 3. The number of rotatable bonds is 3. The quantitative estimate of drug-likeness (QED) is 0.622. The molecule has 0 saturated heterocycles. The van der Waals surface area contributed by atoms with Gasteiger partial charge in [0.1, 0.15) is 0 Å². The first-order chi connectivity index (χ1) is 7.82. The number of aryl methyl sites for hydroxylation is 1. The van der Waals surface area contributed by atoms with E-state index >= 15 is 0 Å². The molecule has 0 N–H and O–H groups in total. The molecule has 1 aromatic rings. The Labute approximate surface area is 100 Å². The van der Waals surface area contributed by atoms with E-state index in [2.05, 4.69) is 9.72 Å². The molecule has 0 unspecified atom stereocenters. The number of nitrogens with zero attached hydrogens (tertiary/aromatic N) is 1. The van der Waals surface area contributed by atoms with Gasteiger partial charge in [-0.15, -0.1) is 0 Å². The van der Waals surface area contributed by atoms with Crippen LogP contribution in [0.15, 0.2) is 17.2 Å². The molecule has 0 aliphatic heterocycles. The van der Waals surface area contributed by atoms with E-state index in [0.29, 0.717) is 0 Å². The van der Waals surface area contributed by atoms with E-state index in [0.717, 1.165) is 23.9 Å². The van der Waals surface area contributed by atoms with Crippen LogP contribution in [-0.2, 0) is 15.7 Å². The number of pyridine rings is 1. The Hall–Kier alpha value is -1.24. The van der Waals surface area contributed by atoms with Crippen molar-refractivity contribution in [1.82, 2.24) is 4.98 Å². The van der Waals surface area contributed by atoms with Gasteiger partial charge in [0.05, 0.1) is 23.5 Å². The number of esters is 1. The van der Waals surface area contributed by atoms with Gasteiger partial charge in [-0.1, -0.05) is 11.8 Å². The zero-order valence-corrected chi connectivity index (χ0v) is 9.98. The van der Waals surface area contributed by atoms with E-state index in [9.17, 15) is 18.0 Å². The Balaban J connectivity index is 2.87. The molecule has 17 heavy (non-hydrogen) atoms. The number of hydrogen-bond donors (Lipinski definition) is 0. The Morgan fingerprint density at radius 3 is 2.65 bits per heavy atom. The van der Waals surface area contributed by atoms with Crippen molar-refractivity contribution in [3.8, 4) is 0 Å². The van der Waals surface area contributed by atoms with Crippen molar-refractivity contribution in [2.24, 2.45) is 0 Å². The number of carbonyl (C=O) groups is 1. The first kappa shape index (κ1) is 13.8. The van der Waals surface area contributed by atoms with Crippen molar-refractivity contribution >= 4 is 17.7 Å². The Morgan fingerprint density at radius 2 is 2.12 bits per heavy atom. The van der Waals surface area contributed by atoms with Gasteiger partial charge in [0.15, 0.2) is 0 Å². The van der Waals surface area contributed by atoms with E-state index < -0.39 is 17.7 Å². The molecule has 0 bridgehead atoms. The predicted molar refractivity (Wildman–Crippen MR) is 56.7 cm³/mol. The van der Waals surface area contributed by atoms with Crippen molar-refractivity contribution in [3.05, 3.63) is 23.4 Å². The van der Waals surface area contributed by atoms with E-state index in [1.807, 2.05) is 0 Å². The zero-order chi connectivity index (χ0) is 13.1. The number of thioether (sulfide) groups is 1. The molecule has 1 heterocycles. The molecule has 1 aromatic heterocycles. The van der Waals surface area contributed by atoms with Crippen LogP contribution in [0.3, 0.4) is 0 Å². The SMILES string of the molecule is COC(=O)CSc1cc(C(F)(F)F)cc(C)n1. The summed E-state index contributed by atoms with van der Waals surface area (Å²) in [5.41, 5.74) is -0.510. The predicted octanol–water partition coefficient (Wildman–Crippen LogP) is 2.67. The van der Waals surface area contributed by atoms with Gasteiger partial charge in [0.2, 0.25) is 0 Å². The van der Waals surface area contributed by atoms with Crippen LogP contribution in [0.1, 0.15) is 11.3 Å². The lowest BCUT2D eigenvalue weighted by Crippen LogP contribution is -2.07. The first-order valence-corrected chi connectivity index (χ1v) is 5.57. The number of alkyl halides is 3. The van der Waals surface area contributed by atoms with Crippen molar-refractivity contribution < 1.29 is 22.7 Å². The standard InChI is InChI=1S/C10H10F3NO2S/c1-6-3-7(10(11,12)13)4-8(14-6)17-5-9(15)16-2/h3-4H,5H2,1-2H3. The Kier molecular flexibility index (Phi) is 4.39. The molecule has 3 nitrogen and oxygen atoms in total. The normalized spacial score (nSPS) is 11.4. The minimum Gasteiger partial charge on any atom is -0.468 e. The average Bonchev–Trinajstić information content (AvgIpc) is 2.24. The molecule has 0 atom stereocenters. The lowest BCUT2D eigenvalue weighted by Gasteiger charge is -2.09. The fourth-order valence-electron chi connectivity index (χ4n) is 1.07. The van der Waals surface area contributed by atoms with Gasteiger partial charge in [0, 0.05) is 5.69 Å². The molecule has 0 aliphatic rings. The molecule has 94 valence electrons.